The van der Waals surface area contributed by atoms with Gasteiger partial charge in [0, 0.05) is 35.3 Å². The Hall–Kier alpha value is -0.590. The number of sulfone groups is 1. The van der Waals surface area contributed by atoms with E-state index in [0.717, 1.165) is 15.8 Å². The fourth-order valence-corrected chi connectivity index (χ4v) is 4.82. The van der Waals surface area contributed by atoms with Crippen LogP contribution in [0.15, 0.2) is 22.7 Å². The molecule has 2 N–H and O–H groups in total. The number of nitrogens with two attached hydrogens (primary N) is 1. The van der Waals surface area contributed by atoms with Crippen LogP contribution in [0.3, 0.4) is 0 Å². The molecule has 4 nitrogen and oxygen atoms in total. The first-order valence-electron chi connectivity index (χ1n) is 6.34. The molecule has 1 aromatic rings. The molecule has 0 aliphatic carbocycles. The Labute approximate surface area is 121 Å². The summed E-state index contributed by atoms with van der Waals surface area (Å²) in [6.07, 6.45) is 1.77. The monoisotopic (exact) mass is 345 g/mol. The van der Waals surface area contributed by atoms with E-state index in [1.165, 1.54) is 0 Å². The lowest BCUT2D eigenvalue weighted by molar-refractivity contribution is 0.0263. The number of ether oxygens (including phenoxy) is 1. The summed E-state index contributed by atoms with van der Waals surface area (Å²) in [6, 6.07) is 5.75. The average Bonchev–Trinajstić information content (AvgIpc) is 2.33. The summed E-state index contributed by atoms with van der Waals surface area (Å²) in [5.41, 5.74) is 6.82. The van der Waals surface area contributed by atoms with Crippen molar-refractivity contribution >= 4 is 25.8 Å². The second-order valence-electron chi connectivity index (χ2n) is 5.43. The van der Waals surface area contributed by atoms with Crippen molar-refractivity contribution in [3.63, 3.8) is 0 Å². The van der Waals surface area contributed by atoms with Gasteiger partial charge in [0.15, 0.2) is 9.84 Å². The summed E-state index contributed by atoms with van der Waals surface area (Å²) in [7, 11) is -2.89. The van der Waals surface area contributed by atoms with E-state index in [1.807, 2.05) is 18.2 Å². The second kappa shape index (κ2) is 4.46. The summed E-state index contributed by atoms with van der Waals surface area (Å²) in [6.45, 7) is 0. The molecule has 6 heteroatoms. The van der Waals surface area contributed by atoms with Crippen molar-refractivity contribution in [3.05, 3.63) is 28.2 Å². The molecule has 1 saturated heterocycles. The van der Waals surface area contributed by atoms with E-state index in [1.54, 1.807) is 0 Å². The van der Waals surface area contributed by atoms with Gasteiger partial charge in [-0.05, 0) is 12.1 Å². The van der Waals surface area contributed by atoms with Crippen molar-refractivity contribution in [2.24, 2.45) is 5.73 Å². The number of rotatable bonds is 0. The zero-order valence-electron chi connectivity index (χ0n) is 10.4. The zero-order valence-corrected chi connectivity index (χ0v) is 12.8. The topological polar surface area (TPSA) is 69.4 Å². The van der Waals surface area contributed by atoms with Gasteiger partial charge in [-0.15, -0.1) is 0 Å². The molecule has 3 rings (SSSR count). The quantitative estimate of drug-likeness (QED) is 0.782. The normalized spacial score (nSPS) is 27.6. The molecule has 0 unspecified atom stereocenters. The molecule has 0 saturated carbocycles. The molecule has 0 bridgehead atoms. The summed E-state index contributed by atoms with van der Waals surface area (Å²) in [5.74, 6) is 1.18. The van der Waals surface area contributed by atoms with Gasteiger partial charge in [0.2, 0.25) is 0 Å². The Balaban J connectivity index is 1.92. The highest BCUT2D eigenvalue weighted by Crippen LogP contribution is 2.44. The van der Waals surface area contributed by atoms with Gasteiger partial charge < -0.3 is 10.5 Å². The molecule has 1 aromatic carbocycles. The van der Waals surface area contributed by atoms with Crippen LogP contribution in [0.4, 0.5) is 0 Å². The smallest absolute Gasteiger partial charge is 0.150 e. The average molecular weight is 346 g/mol. The van der Waals surface area contributed by atoms with Gasteiger partial charge in [-0.25, -0.2) is 8.42 Å². The Morgan fingerprint density at radius 2 is 2.00 bits per heavy atom. The maximum Gasteiger partial charge on any atom is 0.150 e. The Bertz CT molecular complexity index is 600. The molecule has 0 amide bonds. The lowest BCUT2D eigenvalue weighted by atomic mass is 9.83. The minimum atomic E-state index is -2.89. The minimum absolute atomic E-state index is 0.0855. The van der Waals surface area contributed by atoms with Crippen molar-refractivity contribution in [1.82, 2.24) is 0 Å². The number of benzene rings is 1. The Morgan fingerprint density at radius 3 is 2.68 bits per heavy atom. The molecule has 2 aliphatic rings. The predicted molar refractivity (Wildman–Crippen MR) is 76.9 cm³/mol. The zero-order chi connectivity index (χ0) is 13.7. The van der Waals surface area contributed by atoms with E-state index in [2.05, 4.69) is 15.9 Å². The third-order valence-corrected chi connectivity index (χ3v) is 6.18. The van der Waals surface area contributed by atoms with E-state index >= 15 is 0 Å². The van der Waals surface area contributed by atoms with Crippen molar-refractivity contribution in [2.45, 2.75) is 30.9 Å². The minimum Gasteiger partial charge on any atom is -0.487 e. The van der Waals surface area contributed by atoms with E-state index in [0.29, 0.717) is 19.3 Å². The highest BCUT2D eigenvalue weighted by molar-refractivity contribution is 9.10. The van der Waals surface area contributed by atoms with Crippen molar-refractivity contribution < 1.29 is 13.2 Å². The molecule has 0 aromatic heterocycles. The molecular weight excluding hydrogens is 330 g/mol. The molecule has 104 valence electrons. The van der Waals surface area contributed by atoms with E-state index in [-0.39, 0.29) is 17.5 Å². The van der Waals surface area contributed by atoms with Gasteiger partial charge in [-0.1, -0.05) is 22.0 Å². The van der Waals surface area contributed by atoms with Gasteiger partial charge in [-0.3, -0.25) is 0 Å². The van der Waals surface area contributed by atoms with E-state index in [4.69, 9.17) is 10.5 Å². The molecule has 19 heavy (non-hydrogen) atoms. The molecule has 1 atom stereocenters. The first-order valence-corrected chi connectivity index (χ1v) is 8.95. The van der Waals surface area contributed by atoms with Crippen LogP contribution in [0, 0.1) is 0 Å². The van der Waals surface area contributed by atoms with Crippen LogP contribution in [0.25, 0.3) is 0 Å². The first-order chi connectivity index (χ1) is 8.89. The Kier molecular flexibility index (Phi) is 3.15. The highest BCUT2D eigenvalue weighted by atomic mass is 79.9. The van der Waals surface area contributed by atoms with Gasteiger partial charge >= 0.3 is 0 Å². The summed E-state index contributed by atoms with van der Waals surface area (Å²) in [4.78, 5) is 0. The molecule has 1 fully saturated rings. The predicted octanol–water partition coefficient (Wildman–Crippen LogP) is 2.18. The third-order valence-electron chi connectivity index (χ3n) is 4.03. The number of fused-ring (bicyclic) bond motifs is 1. The van der Waals surface area contributed by atoms with Crippen molar-refractivity contribution in [3.8, 4) is 5.75 Å². The molecule has 2 heterocycles. The van der Waals surface area contributed by atoms with Crippen LogP contribution < -0.4 is 10.5 Å². The fourth-order valence-electron chi connectivity index (χ4n) is 2.90. The van der Waals surface area contributed by atoms with Crippen LogP contribution in [0.2, 0.25) is 0 Å². The maximum atomic E-state index is 11.6. The van der Waals surface area contributed by atoms with Gasteiger partial charge in [0.05, 0.1) is 11.5 Å². The summed E-state index contributed by atoms with van der Waals surface area (Å²) >= 11 is 3.42. The van der Waals surface area contributed by atoms with E-state index < -0.39 is 15.4 Å². The van der Waals surface area contributed by atoms with Gasteiger partial charge in [-0.2, -0.15) is 0 Å². The van der Waals surface area contributed by atoms with Crippen LogP contribution >= 0.6 is 15.9 Å². The lowest BCUT2D eigenvalue weighted by Crippen LogP contribution is -2.48. The lowest BCUT2D eigenvalue weighted by Gasteiger charge is -2.43. The van der Waals surface area contributed by atoms with Crippen LogP contribution in [-0.4, -0.2) is 25.5 Å². The van der Waals surface area contributed by atoms with Crippen molar-refractivity contribution in [1.29, 1.82) is 0 Å². The van der Waals surface area contributed by atoms with Gasteiger partial charge in [0.25, 0.3) is 0 Å². The SMILES string of the molecule is N[C@H]1CC2(CCS(=O)(=O)CC2)Oc2cc(Br)ccc21. The van der Waals surface area contributed by atoms with Crippen LogP contribution in [-0.2, 0) is 9.84 Å². The summed E-state index contributed by atoms with van der Waals surface area (Å²) in [5, 5.41) is 0. The third kappa shape index (κ3) is 2.53. The standard InChI is InChI=1S/C13H16BrNO3S/c14-9-1-2-10-11(15)8-13(18-12(10)7-9)3-5-19(16,17)6-4-13/h1-2,7,11H,3-6,8,15H2/t11-/m0/s1. The number of halogens is 1. The largest absolute Gasteiger partial charge is 0.487 e. The fraction of sp³-hybridized carbons (Fsp3) is 0.538. The first kappa shape index (κ1) is 13.4. The molecular formula is C13H16BrNO3S. The molecule has 0 radical (unpaired) electrons. The maximum absolute atomic E-state index is 11.6. The second-order valence-corrected chi connectivity index (χ2v) is 8.65. The van der Waals surface area contributed by atoms with Gasteiger partial charge in [0.1, 0.15) is 11.4 Å². The van der Waals surface area contributed by atoms with Crippen LogP contribution in [0.5, 0.6) is 5.75 Å². The molecule has 2 aliphatic heterocycles. The molecule has 1 spiro atoms. The number of hydrogen-bond donors (Lipinski definition) is 1. The van der Waals surface area contributed by atoms with Crippen LogP contribution in [0.1, 0.15) is 30.9 Å². The summed E-state index contributed by atoms with van der Waals surface area (Å²) < 4.78 is 30.2. The highest BCUT2D eigenvalue weighted by Gasteiger charge is 2.44. The van der Waals surface area contributed by atoms with Crippen molar-refractivity contribution in [2.75, 3.05) is 11.5 Å². The van der Waals surface area contributed by atoms with E-state index in [9.17, 15) is 8.42 Å². The number of hydrogen-bond acceptors (Lipinski definition) is 4. The Morgan fingerprint density at radius 1 is 1.32 bits per heavy atom.